The van der Waals surface area contributed by atoms with Gasteiger partial charge in [0, 0.05) is 44.3 Å². The summed E-state index contributed by atoms with van der Waals surface area (Å²) in [6, 6.07) is 49.4. The summed E-state index contributed by atoms with van der Waals surface area (Å²) in [6.45, 7) is 45.2. The topological polar surface area (TPSA) is 6.48 Å². The van der Waals surface area contributed by atoms with E-state index in [0.29, 0.717) is 53.3 Å². The maximum Gasteiger partial charge on any atom is 0.0620 e. The Balaban J connectivity index is 1.61. The normalized spacial score (nSPS) is 14.3. The van der Waals surface area contributed by atoms with E-state index < -0.39 is 0 Å². The molecule has 82 heavy (non-hydrogen) atoms. The van der Waals surface area contributed by atoms with Crippen LogP contribution >= 0.6 is 0 Å². The minimum Gasteiger partial charge on any atom is -0.310 e. The van der Waals surface area contributed by atoms with E-state index in [4.69, 9.17) is 0 Å². The second-order valence-corrected chi connectivity index (χ2v) is 29.7. The van der Waals surface area contributed by atoms with Crippen LogP contribution in [0.5, 0.6) is 0 Å². The van der Waals surface area contributed by atoms with Crippen molar-refractivity contribution < 1.29 is 0 Å². The van der Waals surface area contributed by atoms with Gasteiger partial charge in [-0.25, -0.2) is 0 Å². The van der Waals surface area contributed by atoms with Crippen molar-refractivity contribution in [3.05, 3.63) is 184 Å². The lowest BCUT2D eigenvalue weighted by Gasteiger charge is -2.36. The van der Waals surface area contributed by atoms with Gasteiger partial charge in [0.1, 0.15) is 0 Å². The molecule has 0 bridgehead atoms. The van der Waals surface area contributed by atoms with Crippen molar-refractivity contribution in [1.29, 1.82) is 0 Å². The first-order valence-corrected chi connectivity index (χ1v) is 32.3. The maximum absolute atomic E-state index is 2.76. The fraction of sp³-hybridized carbons (Fsp3) is 0.475. The van der Waals surface area contributed by atoms with Gasteiger partial charge in [0.05, 0.1) is 11.4 Å². The van der Waals surface area contributed by atoms with Gasteiger partial charge >= 0.3 is 0 Å². The first-order valence-electron chi connectivity index (χ1n) is 32.3. The van der Waals surface area contributed by atoms with E-state index in [1.54, 1.807) is 5.57 Å². The van der Waals surface area contributed by atoms with Gasteiger partial charge in [0.2, 0.25) is 0 Å². The first-order chi connectivity index (χ1) is 38.8. The number of allylic oxidation sites excluding steroid dienone is 3. The Labute approximate surface area is 499 Å². The Morgan fingerprint density at radius 2 is 0.768 bits per heavy atom. The molecule has 0 saturated heterocycles. The lowest BCUT2D eigenvalue weighted by Crippen LogP contribution is -2.22. The van der Waals surface area contributed by atoms with Gasteiger partial charge in [-0.15, -0.1) is 0 Å². The van der Waals surface area contributed by atoms with Crippen LogP contribution in [0, 0.1) is 53.3 Å². The Hall–Kier alpha value is -5.86. The Bertz CT molecular complexity index is 3210. The predicted octanol–water partition coefficient (Wildman–Crippen LogP) is 23.7. The molecule has 0 saturated carbocycles. The summed E-state index contributed by atoms with van der Waals surface area (Å²) in [5.74, 6) is 4.72. The van der Waals surface area contributed by atoms with Gasteiger partial charge in [-0.3, -0.25) is 0 Å². The minimum absolute atomic E-state index is 0.00367. The van der Waals surface area contributed by atoms with Crippen LogP contribution in [0.1, 0.15) is 190 Å². The highest BCUT2D eigenvalue weighted by Gasteiger charge is 2.30. The Morgan fingerprint density at radius 3 is 1.17 bits per heavy atom. The van der Waals surface area contributed by atoms with E-state index in [0.717, 1.165) is 57.8 Å². The standard InChI is InChI=1S/C80H106N2/c1-51(2)29-59-37-60(30-52(3)4)42-70(41-59)81(71-43-61(31-53(5)6)38-62(44-71)32-54(7)8)78-74-25-20-21-26-75(74)79(77-50-68(27-28-76(77)78)67-23-22-24-69(49-67)80(17,18)19)82(72-45-63(33-55(9)10)39-64(46-72)34-56(11)12)73-47-65(35-57(13)14)40-66(48-73)36-58(15)16/h20-28,37,39-58,61H,29-36,38H2,1-19H3. The van der Waals surface area contributed by atoms with Crippen LogP contribution in [-0.4, -0.2) is 0 Å². The minimum atomic E-state index is 0.00367. The number of hydrogen-bond acceptors (Lipinski definition) is 2. The second-order valence-electron chi connectivity index (χ2n) is 29.7. The maximum atomic E-state index is 2.76. The highest BCUT2D eigenvalue weighted by molar-refractivity contribution is 6.23. The molecular formula is C80H106N2. The van der Waals surface area contributed by atoms with E-state index >= 15 is 0 Å². The molecule has 1 aliphatic carbocycles. The second kappa shape index (κ2) is 26.8. The molecule has 2 heteroatoms. The first kappa shape index (κ1) is 62.2. The fourth-order valence-corrected chi connectivity index (χ4v) is 13.4. The Morgan fingerprint density at radius 1 is 0.378 bits per heavy atom. The number of benzene rings is 7. The zero-order valence-corrected chi connectivity index (χ0v) is 54.7. The SMILES string of the molecule is CC(C)CC1=CC(N(c2cc(CC(C)C)cc(CC(C)C)c2)c2c3ccccc3c(N(c3cc(CC(C)C)cc(CC(C)C)c3)c3cc(CC(C)C)cc(CC(C)C)c3)c3cc(-c4cccc(C(C)(C)C)c4)ccc23)=CC(CC(C)C)C1. The summed E-state index contributed by atoms with van der Waals surface area (Å²) >= 11 is 0. The van der Waals surface area contributed by atoms with Gasteiger partial charge in [-0.1, -0.05) is 222 Å². The molecule has 7 aromatic carbocycles. The van der Waals surface area contributed by atoms with Crippen molar-refractivity contribution in [3.8, 4) is 11.1 Å². The van der Waals surface area contributed by atoms with Crippen LogP contribution in [0.25, 0.3) is 32.7 Å². The van der Waals surface area contributed by atoms with E-state index in [1.165, 1.54) is 106 Å². The van der Waals surface area contributed by atoms with Crippen molar-refractivity contribution >= 4 is 50.0 Å². The summed E-state index contributed by atoms with van der Waals surface area (Å²) in [5.41, 5.74) is 21.5. The number of nitrogens with zero attached hydrogens (tertiary/aromatic N) is 2. The van der Waals surface area contributed by atoms with Crippen molar-refractivity contribution in [2.45, 2.75) is 195 Å². The third-order valence-corrected chi connectivity index (χ3v) is 16.2. The van der Waals surface area contributed by atoms with Crippen molar-refractivity contribution in [2.24, 2.45) is 53.3 Å². The van der Waals surface area contributed by atoms with Crippen LogP contribution < -0.4 is 9.80 Å². The summed E-state index contributed by atoms with van der Waals surface area (Å²) < 4.78 is 0. The van der Waals surface area contributed by atoms with Crippen LogP contribution in [0.4, 0.5) is 28.4 Å². The molecule has 436 valence electrons. The summed E-state index contributed by atoms with van der Waals surface area (Å²) in [4.78, 5) is 5.49. The van der Waals surface area contributed by atoms with Crippen LogP contribution in [0.15, 0.2) is 145 Å². The molecule has 0 radical (unpaired) electrons. The van der Waals surface area contributed by atoms with Gasteiger partial charge in [-0.2, -0.15) is 0 Å². The monoisotopic (exact) mass is 1090 g/mol. The third-order valence-electron chi connectivity index (χ3n) is 16.2. The van der Waals surface area contributed by atoms with Crippen molar-refractivity contribution in [3.63, 3.8) is 0 Å². The summed E-state index contributed by atoms with van der Waals surface area (Å²) in [6.07, 6.45) is 14.8. The largest absolute Gasteiger partial charge is 0.310 e. The molecule has 2 nitrogen and oxygen atoms in total. The molecule has 0 heterocycles. The quantitative estimate of drug-likeness (QED) is 0.0465. The van der Waals surface area contributed by atoms with Gasteiger partial charge in [0.25, 0.3) is 0 Å². The van der Waals surface area contributed by atoms with Gasteiger partial charge < -0.3 is 9.80 Å². The van der Waals surface area contributed by atoms with E-state index in [-0.39, 0.29) is 5.41 Å². The lowest BCUT2D eigenvalue weighted by atomic mass is 9.83. The summed E-state index contributed by atoms with van der Waals surface area (Å²) in [5, 5.41) is 5.06. The molecular weight excluding hydrogens is 989 g/mol. The molecule has 0 aromatic heterocycles. The molecule has 1 unspecified atom stereocenters. The van der Waals surface area contributed by atoms with Crippen LogP contribution in [0.3, 0.4) is 0 Å². The molecule has 0 N–H and O–H groups in total. The zero-order valence-electron chi connectivity index (χ0n) is 54.7. The molecule has 8 rings (SSSR count). The predicted molar refractivity (Wildman–Crippen MR) is 363 cm³/mol. The van der Waals surface area contributed by atoms with Crippen molar-refractivity contribution in [2.75, 3.05) is 9.80 Å². The number of fused-ring (bicyclic) bond motifs is 2. The average Bonchev–Trinajstić information content (AvgIpc) is 3.37. The molecule has 0 aliphatic heterocycles. The van der Waals surface area contributed by atoms with E-state index in [9.17, 15) is 0 Å². The highest BCUT2D eigenvalue weighted by atomic mass is 15.2. The van der Waals surface area contributed by atoms with E-state index in [2.05, 4.69) is 275 Å². The van der Waals surface area contributed by atoms with Gasteiger partial charge in [-0.05, 0) is 215 Å². The Kier molecular flexibility index (Phi) is 20.3. The number of hydrogen-bond donors (Lipinski definition) is 0. The fourth-order valence-electron chi connectivity index (χ4n) is 13.4. The lowest BCUT2D eigenvalue weighted by molar-refractivity contribution is 0.456. The van der Waals surface area contributed by atoms with Crippen molar-refractivity contribution in [1.82, 2.24) is 0 Å². The molecule has 0 spiro atoms. The molecule has 1 atom stereocenters. The van der Waals surface area contributed by atoms with Crippen LogP contribution in [0.2, 0.25) is 0 Å². The van der Waals surface area contributed by atoms with Gasteiger partial charge in [0.15, 0.2) is 0 Å². The smallest absolute Gasteiger partial charge is 0.0620 e. The molecule has 0 amide bonds. The summed E-state index contributed by atoms with van der Waals surface area (Å²) in [7, 11) is 0. The zero-order chi connectivity index (χ0) is 59.3. The number of rotatable bonds is 23. The molecule has 1 aliphatic rings. The highest BCUT2D eigenvalue weighted by Crippen LogP contribution is 2.53. The van der Waals surface area contributed by atoms with Crippen LogP contribution in [-0.2, 0) is 43.9 Å². The molecule has 7 aromatic rings. The third kappa shape index (κ3) is 15.9. The van der Waals surface area contributed by atoms with E-state index in [1.807, 2.05) is 0 Å². The average molecular weight is 1100 g/mol. The number of anilines is 5. The molecule has 0 fully saturated rings.